The van der Waals surface area contributed by atoms with E-state index in [1.165, 1.54) is 17.1 Å². The highest BCUT2D eigenvalue weighted by Crippen LogP contribution is 2.05. The van der Waals surface area contributed by atoms with Gasteiger partial charge in [-0.25, -0.2) is 8.78 Å². The molecule has 0 radical (unpaired) electrons. The van der Waals surface area contributed by atoms with Gasteiger partial charge < -0.3 is 10.8 Å². The Balaban J connectivity index is 2.52. The quantitative estimate of drug-likeness (QED) is 0.687. The van der Waals surface area contributed by atoms with Crippen molar-refractivity contribution in [3.8, 4) is 0 Å². The Hall–Kier alpha value is -1.17. The van der Waals surface area contributed by atoms with Crippen LogP contribution in [0.4, 0.5) is 14.5 Å². The molecule has 68 valence electrons. The van der Waals surface area contributed by atoms with Crippen LogP contribution in [0.1, 0.15) is 0 Å². The number of aromatic nitrogens is 2. The Morgan fingerprint density at radius 1 is 1.67 bits per heavy atom. The summed E-state index contributed by atoms with van der Waals surface area (Å²) in [5.41, 5.74) is 5.66. The van der Waals surface area contributed by atoms with E-state index in [4.69, 9.17) is 10.8 Å². The first-order chi connectivity index (χ1) is 5.59. The maximum absolute atomic E-state index is 11.8. The molecule has 1 heterocycles. The van der Waals surface area contributed by atoms with Crippen molar-refractivity contribution in [1.29, 1.82) is 0 Å². The molecule has 12 heavy (non-hydrogen) atoms. The third-order valence-electron chi connectivity index (χ3n) is 1.32. The highest BCUT2D eigenvalue weighted by atomic mass is 19.3. The molecule has 4 nitrogen and oxygen atoms in total. The van der Waals surface area contributed by atoms with Crippen LogP contribution in [-0.2, 0) is 6.54 Å². The molecule has 3 N–H and O–H groups in total. The Morgan fingerprint density at radius 3 is 2.75 bits per heavy atom. The van der Waals surface area contributed by atoms with Gasteiger partial charge in [0.1, 0.15) is 6.10 Å². The second-order valence-electron chi connectivity index (χ2n) is 2.40. The summed E-state index contributed by atoms with van der Waals surface area (Å²) < 4.78 is 24.8. The summed E-state index contributed by atoms with van der Waals surface area (Å²) in [7, 11) is 0. The van der Waals surface area contributed by atoms with Gasteiger partial charge in [-0.2, -0.15) is 5.10 Å². The van der Waals surface area contributed by atoms with E-state index in [-0.39, 0.29) is 6.54 Å². The van der Waals surface area contributed by atoms with Crippen molar-refractivity contribution in [2.45, 2.75) is 19.1 Å². The molecular formula is C6H9F2N3O. The first-order valence-electron chi connectivity index (χ1n) is 3.33. The minimum atomic E-state index is -2.75. The maximum atomic E-state index is 11.8. The Bertz CT molecular complexity index is 251. The van der Waals surface area contributed by atoms with Crippen molar-refractivity contribution < 1.29 is 13.9 Å². The molecule has 0 spiro atoms. The fourth-order valence-electron chi connectivity index (χ4n) is 0.751. The van der Waals surface area contributed by atoms with E-state index < -0.39 is 12.5 Å². The monoisotopic (exact) mass is 177 g/mol. The minimum Gasteiger partial charge on any atom is -0.396 e. The molecule has 0 aromatic carbocycles. The van der Waals surface area contributed by atoms with Gasteiger partial charge in [0.25, 0.3) is 6.43 Å². The van der Waals surface area contributed by atoms with Gasteiger partial charge in [-0.15, -0.1) is 0 Å². The van der Waals surface area contributed by atoms with Crippen LogP contribution >= 0.6 is 0 Å². The lowest BCUT2D eigenvalue weighted by molar-refractivity contribution is -0.0153. The number of anilines is 1. The molecular weight excluding hydrogens is 168 g/mol. The second-order valence-corrected chi connectivity index (χ2v) is 2.40. The van der Waals surface area contributed by atoms with Gasteiger partial charge in [0.15, 0.2) is 0 Å². The van der Waals surface area contributed by atoms with Crippen molar-refractivity contribution in [3.05, 3.63) is 12.4 Å². The summed E-state index contributed by atoms with van der Waals surface area (Å²) in [6.07, 6.45) is -1.73. The van der Waals surface area contributed by atoms with E-state index in [0.717, 1.165) is 0 Å². The zero-order valence-electron chi connectivity index (χ0n) is 6.19. The molecule has 0 aliphatic rings. The number of halogens is 2. The molecule has 0 fully saturated rings. The maximum Gasteiger partial charge on any atom is 0.265 e. The standard InChI is InChI=1S/C6H9F2N3O/c7-6(8)5(12)3-11-2-4(9)1-10-11/h1-2,5-6,12H,3,9H2. The zero-order valence-corrected chi connectivity index (χ0v) is 6.19. The van der Waals surface area contributed by atoms with Crippen LogP contribution in [-0.4, -0.2) is 27.4 Å². The van der Waals surface area contributed by atoms with Crippen LogP contribution < -0.4 is 5.73 Å². The molecule has 0 bridgehead atoms. The van der Waals surface area contributed by atoms with E-state index in [0.29, 0.717) is 5.69 Å². The van der Waals surface area contributed by atoms with E-state index in [1.807, 2.05) is 0 Å². The number of hydrogen-bond acceptors (Lipinski definition) is 3. The van der Waals surface area contributed by atoms with Gasteiger partial charge in [-0.05, 0) is 0 Å². The Kier molecular flexibility index (Phi) is 2.59. The highest BCUT2D eigenvalue weighted by molar-refractivity contribution is 5.30. The molecule has 1 aromatic rings. The fraction of sp³-hybridized carbons (Fsp3) is 0.500. The second kappa shape index (κ2) is 3.48. The lowest BCUT2D eigenvalue weighted by Gasteiger charge is -2.08. The van der Waals surface area contributed by atoms with Gasteiger partial charge in [0, 0.05) is 6.20 Å². The van der Waals surface area contributed by atoms with Crippen LogP contribution in [0.25, 0.3) is 0 Å². The number of nitrogen functional groups attached to an aromatic ring is 1. The van der Waals surface area contributed by atoms with E-state index in [2.05, 4.69) is 5.10 Å². The number of alkyl halides is 2. The largest absolute Gasteiger partial charge is 0.396 e. The van der Waals surface area contributed by atoms with Gasteiger partial charge in [-0.1, -0.05) is 0 Å². The van der Waals surface area contributed by atoms with Crippen molar-refractivity contribution >= 4 is 5.69 Å². The summed E-state index contributed by atoms with van der Waals surface area (Å²) in [6, 6.07) is 0. The lowest BCUT2D eigenvalue weighted by Crippen LogP contribution is -2.24. The highest BCUT2D eigenvalue weighted by Gasteiger charge is 2.17. The average Bonchev–Trinajstić information content (AvgIpc) is 2.35. The third-order valence-corrected chi connectivity index (χ3v) is 1.32. The van der Waals surface area contributed by atoms with Crippen molar-refractivity contribution in [3.63, 3.8) is 0 Å². The first kappa shape index (κ1) is 8.92. The van der Waals surface area contributed by atoms with Crippen LogP contribution in [0, 0.1) is 0 Å². The van der Waals surface area contributed by atoms with E-state index >= 15 is 0 Å². The smallest absolute Gasteiger partial charge is 0.265 e. The lowest BCUT2D eigenvalue weighted by atomic mass is 10.4. The van der Waals surface area contributed by atoms with Crippen LogP contribution in [0.2, 0.25) is 0 Å². The van der Waals surface area contributed by atoms with Crippen LogP contribution in [0.15, 0.2) is 12.4 Å². The third kappa shape index (κ3) is 2.16. The number of nitrogens with zero attached hydrogens (tertiary/aromatic N) is 2. The Morgan fingerprint density at radius 2 is 2.33 bits per heavy atom. The molecule has 0 saturated carbocycles. The minimum absolute atomic E-state index is 0.241. The van der Waals surface area contributed by atoms with Crippen LogP contribution in [0.5, 0.6) is 0 Å². The molecule has 1 atom stereocenters. The molecule has 1 unspecified atom stereocenters. The average molecular weight is 177 g/mol. The molecule has 6 heteroatoms. The summed E-state index contributed by atoms with van der Waals surface area (Å²) in [6.45, 7) is -0.241. The van der Waals surface area contributed by atoms with Gasteiger partial charge in [-0.3, -0.25) is 4.68 Å². The SMILES string of the molecule is Nc1cnn(CC(O)C(F)F)c1. The molecule has 0 aliphatic heterocycles. The van der Waals surface area contributed by atoms with E-state index in [1.54, 1.807) is 0 Å². The predicted octanol–water partition coefficient (Wildman–Crippen LogP) is 0.0913. The summed E-state index contributed by atoms with van der Waals surface area (Å²) >= 11 is 0. The molecule has 0 aliphatic carbocycles. The summed E-state index contributed by atoms with van der Waals surface area (Å²) in [4.78, 5) is 0. The van der Waals surface area contributed by atoms with E-state index in [9.17, 15) is 8.78 Å². The van der Waals surface area contributed by atoms with Crippen LogP contribution in [0.3, 0.4) is 0 Å². The summed E-state index contributed by atoms with van der Waals surface area (Å²) in [5, 5.41) is 12.4. The van der Waals surface area contributed by atoms with Gasteiger partial charge in [0.2, 0.25) is 0 Å². The molecule has 0 saturated heterocycles. The number of nitrogens with two attached hydrogens (primary N) is 1. The van der Waals surface area contributed by atoms with Crippen molar-refractivity contribution in [2.75, 3.05) is 5.73 Å². The molecule has 0 amide bonds. The summed E-state index contributed by atoms with van der Waals surface area (Å²) in [5.74, 6) is 0. The zero-order chi connectivity index (χ0) is 9.14. The number of hydrogen-bond donors (Lipinski definition) is 2. The normalized spacial score (nSPS) is 13.7. The molecule has 1 aromatic heterocycles. The Labute approximate surface area is 67.6 Å². The van der Waals surface area contributed by atoms with Crippen molar-refractivity contribution in [2.24, 2.45) is 0 Å². The number of aliphatic hydroxyl groups is 1. The fourth-order valence-corrected chi connectivity index (χ4v) is 0.751. The van der Waals surface area contributed by atoms with Gasteiger partial charge >= 0.3 is 0 Å². The van der Waals surface area contributed by atoms with Gasteiger partial charge in [0.05, 0.1) is 18.4 Å². The number of rotatable bonds is 3. The van der Waals surface area contributed by atoms with Crippen molar-refractivity contribution in [1.82, 2.24) is 9.78 Å². The molecule has 1 rings (SSSR count). The topological polar surface area (TPSA) is 64.1 Å². The predicted molar refractivity (Wildman–Crippen MR) is 38.7 cm³/mol. The first-order valence-corrected chi connectivity index (χ1v) is 3.33. The number of aliphatic hydroxyl groups excluding tert-OH is 1.